The molecule has 1 N–H and O–H groups in total. The van der Waals surface area contributed by atoms with Crippen LogP contribution in [0.25, 0.3) is 0 Å². The number of aliphatic hydroxyl groups is 1. The fourth-order valence-corrected chi connectivity index (χ4v) is 5.39. The fraction of sp³-hybridized carbons (Fsp3) is 1.00. The van der Waals surface area contributed by atoms with Gasteiger partial charge in [0.2, 0.25) is 0 Å². The Labute approximate surface area is 108 Å². The lowest BCUT2D eigenvalue weighted by atomic mass is 9.51. The molecule has 0 spiro atoms. The highest BCUT2D eigenvalue weighted by atomic mass is 16.3. The number of hydrogen-bond acceptors (Lipinski definition) is 1. The molecule has 0 aromatic rings. The zero-order valence-corrected chi connectivity index (χ0v) is 12.9. The first-order valence-corrected chi connectivity index (χ1v) is 7.24. The summed E-state index contributed by atoms with van der Waals surface area (Å²) in [5.74, 6) is 2.14. The van der Waals surface area contributed by atoms with Gasteiger partial charge < -0.3 is 5.11 Å². The second kappa shape index (κ2) is 4.91. The molecule has 1 aliphatic rings. The van der Waals surface area contributed by atoms with Crippen molar-refractivity contribution in [2.75, 3.05) is 0 Å². The standard InChI is InChI=1S/C16H32O/c1-11-9-15(4,5)14(16(6,7)10-11)12(2)8-13(3)17/h11-14,17H,8-10H2,1-7H3. The normalized spacial score (nSPS) is 35.3. The zero-order valence-electron chi connectivity index (χ0n) is 12.9. The molecule has 1 aliphatic carbocycles. The number of rotatable bonds is 3. The Morgan fingerprint density at radius 1 is 1.06 bits per heavy atom. The second-order valence-electron chi connectivity index (χ2n) is 8.03. The Morgan fingerprint density at radius 2 is 1.47 bits per heavy atom. The summed E-state index contributed by atoms with van der Waals surface area (Å²) in [6.45, 7) is 16.3. The molecule has 0 aromatic carbocycles. The minimum atomic E-state index is -0.170. The molecule has 0 heterocycles. The maximum absolute atomic E-state index is 9.65. The van der Waals surface area contributed by atoms with Crippen molar-refractivity contribution in [3.8, 4) is 0 Å². The van der Waals surface area contributed by atoms with Gasteiger partial charge in [-0.15, -0.1) is 0 Å². The van der Waals surface area contributed by atoms with Gasteiger partial charge in [-0.3, -0.25) is 0 Å². The molecule has 1 fully saturated rings. The highest BCUT2D eigenvalue weighted by Gasteiger charge is 2.48. The van der Waals surface area contributed by atoms with Crippen molar-refractivity contribution in [1.82, 2.24) is 0 Å². The summed E-state index contributed by atoms with van der Waals surface area (Å²) < 4.78 is 0. The van der Waals surface area contributed by atoms with Crippen LogP contribution in [-0.4, -0.2) is 11.2 Å². The molecule has 1 nitrogen and oxygen atoms in total. The molecule has 0 amide bonds. The Hall–Kier alpha value is -0.0400. The molecule has 1 rings (SSSR count). The first-order valence-electron chi connectivity index (χ1n) is 7.24. The van der Waals surface area contributed by atoms with Crippen LogP contribution in [0.15, 0.2) is 0 Å². The molecule has 17 heavy (non-hydrogen) atoms. The third kappa shape index (κ3) is 3.47. The van der Waals surface area contributed by atoms with Crippen LogP contribution in [0.4, 0.5) is 0 Å². The van der Waals surface area contributed by atoms with Crippen LogP contribution < -0.4 is 0 Å². The molecule has 0 radical (unpaired) electrons. The lowest BCUT2D eigenvalue weighted by molar-refractivity contribution is -0.0556. The van der Waals surface area contributed by atoms with Crippen LogP contribution in [0.2, 0.25) is 0 Å². The van der Waals surface area contributed by atoms with E-state index in [-0.39, 0.29) is 6.10 Å². The maximum atomic E-state index is 9.65. The average molecular weight is 240 g/mol. The molecule has 0 aromatic heterocycles. The molecule has 2 unspecified atom stereocenters. The highest BCUT2D eigenvalue weighted by Crippen LogP contribution is 2.56. The SMILES string of the molecule is CC(O)CC(C)C1C(C)(C)CC(C)CC1(C)C. The van der Waals surface area contributed by atoms with E-state index >= 15 is 0 Å². The predicted molar refractivity (Wildman–Crippen MR) is 74.9 cm³/mol. The summed E-state index contributed by atoms with van der Waals surface area (Å²) in [5, 5.41) is 9.65. The van der Waals surface area contributed by atoms with Crippen LogP contribution in [0.3, 0.4) is 0 Å². The van der Waals surface area contributed by atoms with Gasteiger partial charge in [-0.1, -0.05) is 41.5 Å². The van der Waals surface area contributed by atoms with E-state index in [1.165, 1.54) is 12.8 Å². The van der Waals surface area contributed by atoms with Crippen molar-refractivity contribution in [2.45, 2.75) is 73.8 Å². The number of hydrogen-bond donors (Lipinski definition) is 1. The van der Waals surface area contributed by atoms with E-state index in [9.17, 15) is 5.11 Å². The molecular weight excluding hydrogens is 208 g/mol. The largest absolute Gasteiger partial charge is 0.393 e. The van der Waals surface area contributed by atoms with Gasteiger partial charge in [0.15, 0.2) is 0 Å². The number of aliphatic hydroxyl groups excluding tert-OH is 1. The zero-order chi connectivity index (χ0) is 13.4. The van der Waals surface area contributed by atoms with Gasteiger partial charge in [-0.25, -0.2) is 0 Å². The maximum Gasteiger partial charge on any atom is 0.0514 e. The quantitative estimate of drug-likeness (QED) is 0.770. The lowest BCUT2D eigenvalue weighted by Gasteiger charge is -2.54. The third-order valence-electron chi connectivity index (χ3n) is 4.71. The summed E-state index contributed by atoms with van der Waals surface area (Å²) in [6, 6.07) is 0. The van der Waals surface area contributed by atoms with Crippen molar-refractivity contribution in [3.63, 3.8) is 0 Å². The highest BCUT2D eigenvalue weighted by molar-refractivity contribution is 4.97. The first kappa shape index (κ1) is 15.0. The molecule has 2 atom stereocenters. The van der Waals surface area contributed by atoms with E-state index in [4.69, 9.17) is 0 Å². The van der Waals surface area contributed by atoms with Gasteiger partial charge in [-0.05, 0) is 54.8 Å². The van der Waals surface area contributed by atoms with Crippen molar-refractivity contribution in [1.29, 1.82) is 0 Å². The predicted octanol–water partition coefficient (Wildman–Crippen LogP) is 4.49. The molecule has 102 valence electrons. The van der Waals surface area contributed by atoms with E-state index in [2.05, 4.69) is 41.5 Å². The van der Waals surface area contributed by atoms with Gasteiger partial charge in [0.05, 0.1) is 6.10 Å². The Bertz CT molecular complexity index is 234. The average Bonchev–Trinajstić information content (AvgIpc) is 1.93. The van der Waals surface area contributed by atoms with E-state index < -0.39 is 0 Å². The summed E-state index contributed by atoms with van der Waals surface area (Å²) in [6.07, 6.45) is 3.42. The Kier molecular flexibility index (Phi) is 4.34. The summed E-state index contributed by atoms with van der Waals surface area (Å²) in [4.78, 5) is 0. The van der Waals surface area contributed by atoms with Crippen LogP contribution >= 0.6 is 0 Å². The lowest BCUT2D eigenvalue weighted by Crippen LogP contribution is -2.47. The van der Waals surface area contributed by atoms with Gasteiger partial charge in [0, 0.05) is 0 Å². The minimum Gasteiger partial charge on any atom is -0.393 e. The van der Waals surface area contributed by atoms with Crippen LogP contribution in [0.5, 0.6) is 0 Å². The molecule has 1 heteroatoms. The summed E-state index contributed by atoms with van der Waals surface area (Å²) >= 11 is 0. The second-order valence-corrected chi connectivity index (χ2v) is 8.03. The smallest absolute Gasteiger partial charge is 0.0514 e. The Balaban J connectivity index is 2.92. The molecule has 0 aliphatic heterocycles. The van der Waals surface area contributed by atoms with E-state index in [1.807, 2.05) is 6.92 Å². The summed E-state index contributed by atoms with van der Waals surface area (Å²) in [7, 11) is 0. The molecule has 0 bridgehead atoms. The molecule has 1 saturated carbocycles. The van der Waals surface area contributed by atoms with Gasteiger partial charge in [-0.2, -0.15) is 0 Å². The Morgan fingerprint density at radius 3 is 1.82 bits per heavy atom. The third-order valence-corrected chi connectivity index (χ3v) is 4.71. The first-order chi connectivity index (χ1) is 7.56. The van der Waals surface area contributed by atoms with E-state index in [1.54, 1.807) is 0 Å². The van der Waals surface area contributed by atoms with Crippen molar-refractivity contribution in [3.05, 3.63) is 0 Å². The van der Waals surface area contributed by atoms with Crippen LogP contribution in [0.1, 0.15) is 67.7 Å². The fourth-order valence-electron chi connectivity index (χ4n) is 5.39. The topological polar surface area (TPSA) is 20.2 Å². The van der Waals surface area contributed by atoms with Crippen LogP contribution in [-0.2, 0) is 0 Å². The van der Waals surface area contributed by atoms with E-state index in [0.717, 1.165) is 12.3 Å². The summed E-state index contributed by atoms with van der Waals surface area (Å²) in [5.41, 5.74) is 0.797. The monoisotopic (exact) mass is 240 g/mol. The van der Waals surface area contributed by atoms with Gasteiger partial charge >= 0.3 is 0 Å². The molecular formula is C16H32O. The van der Waals surface area contributed by atoms with Gasteiger partial charge in [0.25, 0.3) is 0 Å². The van der Waals surface area contributed by atoms with Gasteiger partial charge in [0.1, 0.15) is 0 Å². The minimum absolute atomic E-state index is 0.170. The molecule has 0 saturated heterocycles. The van der Waals surface area contributed by atoms with Crippen molar-refractivity contribution in [2.24, 2.45) is 28.6 Å². The van der Waals surface area contributed by atoms with E-state index in [0.29, 0.717) is 22.7 Å². The van der Waals surface area contributed by atoms with Crippen molar-refractivity contribution < 1.29 is 5.11 Å². The van der Waals surface area contributed by atoms with Crippen molar-refractivity contribution >= 4 is 0 Å². The van der Waals surface area contributed by atoms with Crippen LogP contribution in [0, 0.1) is 28.6 Å².